The lowest BCUT2D eigenvalue weighted by atomic mass is 10.1. The number of rotatable bonds is 15. The van der Waals surface area contributed by atoms with E-state index in [9.17, 15) is 15.0 Å². The molecule has 0 aromatic heterocycles. The molecule has 1 unspecified atom stereocenters. The third-order valence-corrected chi connectivity index (χ3v) is 4.34. The highest BCUT2D eigenvalue weighted by atomic mass is 16.5. The van der Waals surface area contributed by atoms with E-state index in [-0.39, 0.29) is 37.8 Å². The molecule has 1 amide bonds. The standard InChI is InChI=1S/C20H33NO5/c1-4-7-8-9-10-11-13-21-19(23)17(25-15-5-2)18(26-16-6-3)20(21,24)12-14-22/h5-6,22,24H,2-4,7-16H2,1H3. The lowest BCUT2D eigenvalue weighted by Gasteiger charge is -2.34. The first-order valence-corrected chi connectivity index (χ1v) is 9.44. The van der Waals surface area contributed by atoms with Crippen molar-refractivity contribution in [2.24, 2.45) is 0 Å². The number of ether oxygens (including phenoxy) is 2. The predicted octanol–water partition coefficient (Wildman–Crippen LogP) is 2.88. The van der Waals surface area contributed by atoms with Crippen molar-refractivity contribution in [3.8, 4) is 0 Å². The van der Waals surface area contributed by atoms with Gasteiger partial charge in [-0.15, -0.1) is 0 Å². The number of carbonyl (C=O) groups excluding carboxylic acids is 1. The third kappa shape index (κ3) is 5.61. The van der Waals surface area contributed by atoms with Gasteiger partial charge in [0.25, 0.3) is 5.91 Å². The van der Waals surface area contributed by atoms with Crippen molar-refractivity contribution in [2.45, 2.75) is 57.6 Å². The molecule has 0 saturated heterocycles. The van der Waals surface area contributed by atoms with Gasteiger partial charge in [0.15, 0.2) is 5.76 Å². The maximum atomic E-state index is 12.8. The average molecular weight is 367 g/mol. The molecule has 0 saturated carbocycles. The molecule has 1 rings (SSSR count). The molecule has 0 radical (unpaired) electrons. The SMILES string of the molecule is C=CCOC1=C(OCC=C)C(O)(CCO)N(CCCCCCCC)C1=O. The van der Waals surface area contributed by atoms with E-state index in [1.807, 2.05) is 0 Å². The van der Waals surface area contributed by atoms with Crippen molar-refractivity contribution >= 4 is 5.91 Å². The third-order valence-electron chi connectivity index (χ3n) is 4.34. The molecule has 6 heteroatoms. The molecule has 1 atom stereocenters. The summed E-state index contributed by atoms with van der Waals surface area (Å²) in [5, 5.41) is 20.6. The van der Waals surface area contributed by atoms with Gasteiger partial charge in [0.1, 0.15) is 13.2 Å². The fourth-order valence-corrected chi connectivity index (χ4v) is 3.03. The van der Waals surface area contributed by atoms with Crippen LogP contribution in [-0.2, 0) is 14.3 Å². The first kappa shape index (κ1) is 22.3. The lowest BCUT2D eigenvalue weighted by molar-refractivity contribution is -0.151. The smallest absolute Gasteiger partial charge is 0.295 e. The molecule has 26 heavy (non-hydrogen) atoms. The molecule has 0 aromatic rings. The second-order valence-corrected chi connectivity index (χ2v) is 6.37. The quantitative estimate of drug-likeness (QED) is 0.344. The zero-order valence-electron chi connectivity index (χ0n) is 15.9. The number of nitrogens with zero attached hydrogens (tertiary/aromatic N) is 1. The van der Waals surface area contributed by atoms with Crippen molar-refractivity contribution in [3.05, 3.63) is 36.8 Å². The Morgan fingerprint density at radius 3 is 2.31 bits per heavy atom. The van der Waals surface area contributed by atoms with Gasteiger partial charge >= 0.3 is 0 Å². The zero-order valence-corrected chi connectivity index (χ0v) is 15.9. The fourth-order valence-electron chi connectivity index (χ4n) is 3.03. The summed E-state index contributed by atoms with van der Waals surface area (Å²) in [6, 6.07) is 0. The predicted molar refractivity (Wildman–Crippen MR) is 101 cm³/mol. The number of aliphatic hydroxyl groups is 2. The largest absolute Gasteiger partial charge is 0.485 e. The van der Waals surface area contributed by atoms with E-state index < -0.39 is 11.6 Å². The zero-order chi connectivity index (χ0) is 19.4. The maximum Gasteiger partial charge on any atom is 0.295 e. The Morgan fingerprint density at radius 2 is 1.69 bits per heavy atom. The van der Waals surface area contributed by atoms with Gasteiger partial charge in [-0.25, -0.2) is 0 Å². The minimum absolute atomic E-state index is 0.0197. The van der Waals surface area contributed by atoms with Crippen LogP contribution >= 0.6 is 0 Å². The fraction of sp³-hybridized carbons (Fsp3) is 0.650. The van der Waals surface area contributed by atoms with E-state index >= 15 is 0 Å². The number of unbranched alkanes of at least 4 members (excludes halogenated alkanes) is 5. The maximum absolute atomic E-state index is 12.8. The van der Waals surface area contributed by atoms with E-state index in [0.717, 1.165) is 19.3 Å². The van der Waals surface area contributed by atoms with E-state index in [1.54, 1.807) is 0 Å². The van der Waals surface area contributed by atoms with Crippen LogP contribution in [0, 0.1) is 0 Å². The van der Waals surface area contributed by atoms with E-state index in [1.165, 1.54) is 36.3 Å². The molecule has 2 N–H and O–H groups in total. The summed E-state index contributed by atoms with van der Waals surface area (Å²) in [5.41, 5.74) is -1.70. The summed E-state index contributed by atoms with van der Waals surface area (Å²) >= 11 is 0. The Morgan fingerprint density at radius 1 is 1.08 bits per heavy atom. The van der Waals surface area contributed by atoms with Gasteiger partial charge in [0.05, 0.1) is 0 Å². The highest BCUT2D eigenvalue weighted by Crippen LogP contribution is 2.38. The number of hydrogen-bond acceptors (Lipinski definition) is 5. The summed E-state index contributed by atoms with van der Waals surface area (Å²) in [6.07, 6.45) is 9.41. The Kier molecular flexibility index (Phi) is 10.1. The van der Waals surface area contributed by atoms with Crippen LogP contribution in [0.2, 0.25) is 0 Å². The Labute approximate surface area is 156 Å². The van der Waals surface area contributed by atoms with E-state index in [2.05, 4.69) is 20.1 Å². The van der Waals surface area contributed by atoms with Gasteiger partial charge in [-0.2, -0.15) is 0 Å². The van der Waals surface area contributed by atoms with E-state index in [4.69, 9.17) is 9.47 Å². The Hall–Kier alpha value is -1.79. The topological polar surface area (TPSA) is 79.2 Å². The van der Waals surface area contributed by atoms with Crippen LogP contribution in [0.5, 0.6) is 0 Å². The van der Waals surface area contributed by atoms with Crippen molar-refractivity contribution in [2.75, 3.05) is 26.4 Å². The van der Waals surface area contributed by atoms with Gasteiger partial charge < -0.3 is 24.6 Å². The lowest BCUT2D eigenvalue weighted by Crippen LogP contribution is -2.50. The molecule has 148 valence electrons. The van der Waals surface area contributed by atoms with Gasteiger partial charge in [-0.1, -0.05) is 64.3 Å². The normalized spacial score (nSPS) is 19.8. The molecule has 0 bridgehead atoms. The second kappa shape index (κ2) is 11.8. The molecule has 1 aliphatic heterocycles. The highest BCUT2D eigenvalue weighted by Gasteiger charge is 2.53. The molecular formula is C20H33NO5. The molecule has 0 aromatic carbocycles. The van der Waals surface area contributed by atoms with Crippen molar-refractivity contribution in [1.29, 1.82) is 0 Å². The van der Waals surface area contributed by atoms with Crippen LogP contribution in [0.3, 0.4) is 0 Å². The van der Waals surface area contributed by atoms with Gasteiger partial charge in [0.2, 0.25) is 11.5 Å². The molecule has 0 fully saturated rings. The Balaban J connectivity index is 2.90. The summed E-state index contributed by atoms with van der Waals surface area (Å²) < 4.78 is 11.0. The summed E-state index contributed by atoms with van der Waals surface area (Å²) in [6.45, 7) is 9.68. The monoisotopic (exact) mass is 367 g/mol. The number of carbonyl (C=O) groups is 1. The molecule has 1 aliphatic rings. The van der Waals surface area contributed by atoms with Crippen molar-refractivity contribution < 1.29 is 24.5 Å². The number of aliphatic hydroxyl groups excluding tert-OH is 1. The van der Waals surface area contributed by atoms with Gasteiger partial charge in [0, 0.05) is 19.6 Å². The molecular weight excluding hydrogens is 334 g/mol. The first-order chi connectivity index (χ1) is 12.6. The highest BCUT2D eigenvalue weighted by molar-refractivity contribution is 5.96. The van der Waals surface area contributed by atoms with Crippen molar-refractivity contribution in [3.63, 3.8) is 0 Å². The van der Waals surface area contributed by atoms with Crippen LogP contribution in [-0.4, -0.2) is 53.1 Å². The van der Waals surface area contributed by atoms with Gasteiger partial charge in [-0.3, -0.25) is 4.79 Å². The summed E-state index contributed by atoms with van der Waals surface area (Å²) in [4.78, 5) is 14.2. The summed E-state index contributed by atoms with van der Waals surface area (Å²) in [5.74, 6) is -0.395. The minimum Gasteiger partial charge on any atom is -0.485 e. The molecule has 0 spiro atoms. The van der Waals surface area contributed by atoms with Crippen LogP contribution < -0.4 is 0 Å². The van der Waals surface area contributed by atoms with Crippen LogP contribution in [0.1, 0.15) is 51.9 Å². The number of amides is 1. The first-order valence-electron chi connectivity index (χ1n) is 9.44. The molecule has 1 heterocycles. The van der Waals surface area contributed by atoms with E-state index in [0.29, 0.717) is 6.54 Å². The Bertz CT molecular complexity index is 502. The number of hydrogen-bond donors (Lipinski definition) is 2. The second-order valence-electron chi connectivity index (χ2n) is 6.37. The van der Waals surface area contributed by atoms with Crippen LogP contribution in [0.15, 0.2) is 36.8 Å². The van der Waals surface area contributed by atoms with Crippen LogP contribution in [0.25, 0.3) is 0 Å². The molecule has 0 aliphatic carbocycles. The van der Waals surface area contributed by atoms with Crippen LogP contribution in [0.4, 0.5) is 0 Å². The summed E-state index contributed by atoms with van der Waals surface area (Å²) in [7, 11) is 0. The molecule has 6 nitrogen and oxygen atoms in total. The van der Waals surface area contributed by atoms with Crippen molar-refractivity contribution in [1.82, 2.24) is 4.90 Å². The minimum atomic E-state index is -1.70. The average Bonchev–Trinajstić information content (AvgIpc) is 2.81. The van der Waals surface area contributed by atoms with Gasteiger partial charge in [-0.05, 0) is 6.42 Å².